The molecule has 0 fully saturated rings. The van der Waals surface area contributed by atoms with Crippen molar-refractivity contribution in [1.29, 1.82) is 0 Å². The van der Waals surface area contributed by atoms with Crippen LogP contribution in [0.4, 0.5) is 0 Å². The predicted molar refractivity (Wildman–Crippen MR) is 93.4 cm³/mol. The lowest BCUT2D eigenvalue weighted by molar-refractivity contribution is -0.295. The molecule has 2 nitrogen and oxygen atoms in total. The summed E-state index contributed by atoms with van der Waals surface area (Å²) in [5, 5.41) is 0. The molecule has 0 heterocycles. The molecule has 2 heteroatoms. The summed E-state index contributed by atoms with van der Waals surface area (Å²) < 4.78 is 0. The summed E-state index contributed by atoms with van der Waals surface area (Å²) in [7, 11) is 0. The van der Waals surface area contributed by atoms with E-state index in [4.69, 9.17) is 9.78 Å². The smallest absolute Gasteiger partial charge is 0.138 e. The average molecular weight is 304 g/mol. The van der Waals surface area contributed by atoms with Gasteiger partial charge in [-0.3, -0.25) is 0 Å². The number of allylic oxidation sites excluding steroid dienone is 2. The first-order valence-electron chi connectivity index (χ1n) is 8.81. The van der Waals surface area contributed by atoms with Crippen molar-refractivity contribution < 1.29 is 9.78 Å². The van der Waals surface area contributed by atoms with Crippen LogP contribution in [0.1, 0.15) is 83.8 Å². The first-order valence-corrected chi connectivity index (χ1v) is 8.81. The summed E-state index contributed by atoms with van der Waals surface area (Å²) in [6.07, 6.45) is 12.1. The molecule has 0 aromatic heterocycles. The Labute approximate surface area is 136 Å². The number of hydrogen-bond acceptors (Lipinski definition) is 2. The third kappa shape index (κ3) is 8.23. The van der Waals surface area contributed by atoms with Crippen molar-refractivity contribution in [3.63, 3.8) is 0 Å². The molecule has 1 rings (SSSR count). The van der Waals surface area contributed by atoms with E-state index in [0.717, 1.165) is 17.7 Å². The number of benzene rings is 1. The Balaban J connectivity index is 2.15. The van der Waals surface area contributed by atoms with Crippen molar-refractivity contribution >= 4 is 0 Å². The zero-order valence-electron chi connectivity index (χ0n) is 14.5. The fourth-order valence-electron chi connectivity index (χ4n) is 2.40. The minimum absolute atomic E-state index is 0.0507. The van der Waals surface area contributed by atoms with Crippen LogP contribution in [-0.4, -0.2) is 0 Å². The summed E-state index contributed by atoms with van der Waals surface area (Å²) in [4.78, 5) is 11.0. The number of unbranched alkanes of at least 4 members (excludes halogenated alkanes) is 6. The van der Waals surface area contributed by atoms with Crippen LogP contribution in [-0.2, 0) is 9.78 Å². The highest BCUT2D eigenvalue weighted by Crippen LogP contribution is 2.20. The van der Waals surface area contributed by atoms with E-state index >= 15 is 0 Å². The van der Waals surface area contributed by atoms with Crippen molar-refractivity contribution in [3.8, 4) is 0 Å². The fraction of sp³-hybridized carbons (Fsp3) is 0.600. The van der Waals surface area contributed by atoms with Gasteiger partial charge in [0, 0.05) is 6.42 Å². The van der Waals surface area contributed by atoms with Gasteiger partial charge in [0.15, 0.2) is 0 Å². The van der Waals surface area contributed by atoms with Crippen LogP contribution in [0.25, 0.3) is 0 Å². The molecule has 0 bridgehead atoms. The van der Waals surface area contributed by atoms with E-state index < -0.39 is 0 Å². The zero-order valence-corrected chi connectivity index (χ0v) is 14.5. The van der Waals surface area contributed by atoms with Gasteiger partial charge in [-0.15, -0.1) is 0 Å². The fourth-order valence-corrected chi connectivity index (χ4v) is 2.40. The highest BCUT2D eigenvalue weighted by atomic mass is 17.2. The SMILES string of the molecule is CC=C(CCCCCCCCC)OOC(C)c1ccccc1. The third-order valence-electron chi connectivity index (χ3n) is 3.92. The van der Waals surface area contributed by atoms with Gasteiger partial charge in [0.1, 0.15) is 11.9 Å². The molecule has 0 amide bonds. The molecule has 1 aromatic carbocycles. The molecule has 0 radical (unpaired) electrons. The van der Waals surface area contributed by atoms with Crippen LogP contribution in [0.3, 0.4) is 0 Å². The van der Waals surface area contributed by atoms with Gasteiger partial charge < -0.3 is 4.89 Å². The lowest BCUT2D eigenvalue weighted by Gasteiger charge is -2.14. The van der Waals surface area contributed by atoms with Crippen LogP contribution >= 0.6 is 0 Å². The number of hydrogen-bond donors (Lipinski definition) is 0. The maximum atomic E-state index is 5.52. The van der Waals surface area contributed by atoms with Gasteiger partial charge in [-0.1, -0.05) is 75.8 Å². The minimum Gasteiger partial charge on any atom is -0.342 e. The summed E-state index contributed by atoms with van der Waals surface area (Å²) in [5.74, 6) is 0.941. The molecule has 124 valence electrons. The molecule has 0 aliphatic carbocycles. The molecular weight excluding hydrogens is 272 g/mol. The molecule has 0 aliphatic heterocycles. The Morgan fingerprint density at radius 3 is 2.27 bits per heavy atom. The summed E-state index contributed by atoms with van der Waals surface area (Å²) in [5.41, 5.74) is 1.13. The van der Waals surface area contributed by atoms with Crippen molar-refractivity contribution in [1.82, 2.24) is 0 Å². The Hall–Kier alpha value is -1.28. The normalized spacial score (nSPS) is 13.1. The van der Waals surface area contributed by atoms with E-state index in [1.807, 2.05) is 38.1 Å². The molecule has 1 aromatic rings. The lowest BCUT2D eigenvalue weighted by atomic mass is 10.1. The highest BCUT2D eigenvalue weighted by Gasteiger charge is 2.08. The van der Waals surface area contributed by atoms with Gasteiger partial charge in [-0.25, -0.2) is 0 Å². The second-order valence-electron chi connectivity index (χ2n) is 5.86. The maximum Gasteiger partial charge on any atom is 0.138 e. The van der Waals surface area contributed by atoms with Crippen LogP contribution in [0.15, 0.2) is 42.2 Å². The number of rotatable bonds is 12. The average Bonchev–Trinajstić information content (AvgIpc) is 2.57. The summed E-state index contributed by atoms with van der Waals surface area (Å²) in [6, 6.07) is 10.2. The zero-order chi connectivity index (χ0) is 16.0. The van der Waals surface area contributed by atoms with Crippen molar-refractivity contribution in [2.75, 3.05) is 0 Å². The molecule has 22 heavy (non-hydrogen) atoms. The first kappa shape index (κ1) is 18.8. The van der Waals surface area contributed by atoms with Crippen LogP contribution in [0, 0.1) is 0 Å². The van der Waals surface area contributed by atoms with Gasteiger partial charge in [0.25, 0.3) is 0 Å². The third-order valence-corrected chi connectivity index (χ3v) is 3.92. The standard InChI is InChI=1S/C20H32O2/c1-4-6-7-8-9-10-14-17-20(5-2)22-21-18(3)19-15-12-11-13-16-19/h5,11-13,15-16,18H,4,6-10,14,17H2,1-3H3. The van der Waals surface area contributed by atoms with Crippen molar-refractivity contribution in [2.24, 2.45) is 0 Å². The maximum absolute atomic E-state index is 5.52. The summed E-state index contributed by atoms with van der Waals surface area (Å²) in [6.45, 7) is 6.27. The van der Waals surface area contributed by atoms with Gasteiger partial charge in [-0.2, -0.15) is 4.89 Å². The Bertz CT molecular complexity index is 397. The summed E-state index contributed by atoms with van der Waals surface area (Å²) >= 11 is 0. The Morgan fingerprint density at radius 1 is 1.00 bits per heavy atom. The quantitative estimate of drug-likeness (QED) is 0.184. The molecule has 1 unspecified atom stereocenters. The lowest BCUT2D eigenvalue weighted by Crippen LogP contribution is -2.01. The second-order valence-corrected chi connectivity index (χ2v) is 5.86. The van der Waals surface area contributed by atoms with E-state index in [1.165, 1.54) is 44.9 Å². The van der Waals surface area contributed by atoms with E-state index in [-0.39, 0.29) is 6.10 Å². The highest BCUT2D eigenvalue weighted by molar-refractivity contribution is 5.16. The van der Waals surface area contributed by atoms with E-state index in [2.05, 4.69) is 19.1 Å². The van der Waals surface area contributed by atoms with Crippen LogP contribution < -0.4 is 0 Å². The predicted octanol–water partition coefficient (Wildman–Crippen LogP) is 6.74. The van der Waals surface area contributed by atoms with Gasteiger partial charge in [0.05, 0.1) is 0 Å². The minimum atomic E-state index is -0.0507. The first-order chi connectivity index (χ1) is 10.8. The van der Waals surface area contributed by atoms with Crippen molar-refractivity contribution in [2.45, 2.75) is 78.2 Å². The van der Waals surface area contributed by atoms with Gasteiger partial charge in [0.2, 0.25) is 0 Å². The Morgan fingerprint density at radius 2 is 1.64 bits per heavy atom. The van der Waals surface area contributed by atoms with E-state index in [0.29, 0.717) is 0 Å². The van der Waals surface area contributed by atoms with E-state index in [9.17, 15) is 0 Å². The second kappa shape index (κ2) is 12.3. The van der Waals surface area contributed by atoms with E-state index in [1.54, 1.807) is 0 Å². The van der Waals surface area contributed by atoms with Gasteiger partial charge in [-0.05, 0) is 31.9 Å². The monoisotopic (exact) mass is 304 g/mol. The molecule has 0 spiro atoms. The molecule has 0 aliphatic rings. The van der Waals surface area contributed by atoms with Crippen molar-refractivity contribution in [3.05, 3.63) is 47.7 Å². The molecule has 0 saturated heterocycles. The largest absolute Gasteiger partial charge is 0.342 e. The molecular formula is C20H32O2. The molecule has 0 saturated carbocycles. The van der Waals surface area contributed by atoms with Crippen LogP contribution in [0.2, 0.25) is 0 Å². The molecule has 1 atom stereocenters. The topological polar surface area (TPSA) is 18.5 Å². The Kier molecular flexibility index (Phi) is 10.5. The molecule has 0 N–H and O–H groups in total. The van der Waals surface area contributed by atoms with Gasteiger partial charge >= 0.3 is 0 Å². The van der Waals surface area contributed by atoms with Crippen LogP contribution in [0.5, 0.6) is 0 Å².